The largest absolute Gasteiger partial charge is 0.393 e. The van der Waals surface area contributed by atoms with Gasteiger partial charge in [-0.1, -0.05) is 95.5 Å². The van der Waals surface area contributed by atoms with Crippen LogP contribution in [0.4, 0.5) is 0 Å². The molecule has 0 amide bonds. The molecule has 8 nitrogen and oxygen atoms in total. The highest BCUT2D eigenvalue weighted by atomic mass is 35.7. The molecule has 6 aromatic rings. The highest BCUT2D eigenvalue weighted by Crippen LogP contribution is 2.27. The van der Waals surface area contributed by atoms with Crippen molar-refractivity contribution in [3.63, 3.8) is 0 Å². The number of aromatic nitrogens is 4. The zero-order valence-electron chi connectivity index (χ0n) is 19.7. The summed E-state index contributed by atoms with van der Waals surface area (Å²) in [6, 6.07) is 37.5. The standard InChI is InChI=1S/C28H21N4.ClHO4/c1-20-17-24(21-11-5-2-6-12-21)18-27-30-32-26(23-15-9-4-10-16-23)19-25(29-28(32)31(20)27)22-13-7-3-8-14-22;2-1(3,4)5/h2-19H,1H3;(H,2,3,4,5)/q+1;/p-1. The van der Waals surface area contributed by atoms with Crippen LogP contribution in [0.15, 0.2) is 109 Å². The summed E-state index contributed by atoms with van der Waals surface area (Å²) in [4.78, 5) is 5.05. The number of hydrogen-bond donors (Lipinski definition) is 0. The van der Waals surface area contributed by atoms with E-state index >= 15 is 0 Å². The molecule has 0 atom stereocenters. The van der Waals surface area contributed by atoms with Crippen molar-refractivity contribution in [2.24, 2.45) is 0 Å². The number of halogens is 1. The van der Waals surface area contributed by atoms with E-state index in [2.05, 4.69) is 90.2 Å². The van der Waals surface area contributed by atoms with E-state index in [-0.39, 0.29) is 0 Å². The van der Waals surface area contributed by atoms with Crippen LogP contribution in [-0.4, -0.2) is 14.6 Å². The van der Waals surface area contributed by atoms with Gasteiger partial charge in [0.05, 0.1) is 5.69 Å². The lowest BCUT2D eigenvalue weighted by Gasteiger charge is -2.17. The van der Waals surface area contributed by atoms with E-state index in [0.29, 0.717) is 0 Å². The van der Waals surface area contributed by atoms with Crippen molar-refractivity contribution in [1.29, 1.82) is 0 Å². The van der Waals surface area contributed by atoms with E-state index in [0.717, 1.165) is 45.2 Å². The van der Waals surface area contributed by atoms with E-state index in [1.165, 1.54) is 5.56 Å². The summed E-state index contributed by atoms with van der Waals surface area (Å²) >= 11 is 0. The third kappa shape index (κ3) is 5.49. The zero-order valence-corrected chi connectivity index (χ0v) is 20.4. The molecule has 184 valence electrons. The summed E-state index contributed by atoms with van der Waals surface area (Å²) in [5, 5.41) is 4.99. The molecule has 0 aliphatic carbocycles. The normalized spacial score (nSPS) is 11.4. The Hall–Kier alpha value is -4.18. The summed E-state index contributed by atoms with van der Waals surface area (Å²) in [5.74, 6) is 0.803. The number of nitrogens with zero attached hydrogens (tertiary/aromatic N) is 4. The van der Waals surface area contributed by atoms with Gasteiger partial charge in [-0.05, 0) is 24.1 Å². The Bertz CT molecular complexity index is 1660. The predicted octanol–water partition coefficient (Wildman–Crippen LogP) is 1.02. The Kier molecular flexibility index (Phi) is 6.66. The molecule has 37 heavy (non-hydrogen) atoms. The van der Waals surface area contributed by atoms with Gasteiger partial charge in [0.2, 0.25) is 0 Å². The minimum absolute atomic E-state index is 0.803. The maximum absolute atomic E-state index is 8.49. The molecule has 0 saturated carbocycles. The van der Waals surface area contributed by atoms with Gasteiger partial charge < -0.3 is 0 Å². The maximum atomic E-state index is 8.49. The second-order valence-corrected chi connectivity index (χ2v) is 9.05. The van der Waals surface area contributed by atoms with Gasteiger partial charge in [-0.3, -0.25) is 0 Å². The Balaban J connectivity index is 0.000000514. The van der Waals surface area contributed by atoms with Crippen LogP contribution < -0.4 is 23.0 Å². The molecule has 9 heteroatoms. The highest BCUT2D eigenvalue weighted by molar-refractivity contribution is 5.71. The van der Waals surface area contributed by atoms with E-state index in [4.69, 9.17) is 28.7 Å². The molecule has 3 aromatic carbocycles. The van der Waals surface area contributed by atoms with Crippen LogP contribution in [0.2, 0.25) is 0 Å². The first-order chi connectivity index (χ1) is 17.8. The fourth-order valence-electron chi connectivity index (χ4n) is 4.25. The average Bonchev–Trinajstić information content (AvgIpc) is 3.28. The summed E-state index contributed by atoms with van der Waals surface area (Å²) < 4.78 is 38.1. The van der Waals surface area contributed by atoms with Gasteiger partial charge in [0.1, 0.15) is 11.4 Å². The number of hydrogen-bond acceptors (Lipinski definition) is 6. The lowest BCUT2D eigenvalue weighted by Crippen LogP contribution is -2.68. The summed E-state index contributed by atoms with van der Waals surface area (Å²) in [6.45, 7) is 2.11. The fourth-order valence-corrected chi connectivity index (χ4v) is 4.25. The van der Waals surface area contributed by atoms with E-state index in [1.54, 1.807) is 0 Å². The molecule has 0 aliphatic heterocycles. The van der Waals surface area contributed by atoms with Gasteiger partial charge >= 0.3 is 5.78 Å². The summed E-state index contributed by atoms with van der Waals surface area (Å²) in [5.41, 5.74) is 8.42. The molecule has 0 spiro atoms. The van der Waals surface area contributed by atoms with Crippen molar-refractivity contribution in [2.75, 3.05) is 0 Å². The molecular formula is C28H21ClN4O4. The zero-order chi connectivity index (χ0) is 26.0. The van der Waals surface area contributed by atoms with Crippen molar-refractivity contribution in [3.8, 4) is 33.6 Å². The maximum Gasteiger partial charge on any atom is 0.393 e. The molecule has 0 saturated heterocycles. The van der Waals surface area contributed by atoms with Crippen molar-refractivity contribution in [3.05, 3.63) is 115 Å². The van der Waals surface area contributed by atoms with Gasteiger partial charge in [-0.25, -0.2) is 18.6 Å². The third-order valence-corrected chi connectivity index (χ3v) is 5.79. The van der Waals surface area contributed by atoms with Crippen molar-refractivity contribution in [1.82, 2.24) is 14.6 Å². The van der Waals surface area contributed by atoms with Crippen LogP contribution in [0.25, 0.3) is 45.1 Å². The first-order valence-corrected chi connectivity index (χ1v) is 12.6. The smallest absolute Gasteiger partial charge is 0.222 e. The molecule has 3 aromatic heterocycles. The summed E-state index contributed by atoms with van der Waals surface area (Å²) in [6.07, 6.45) is 0. The molecule has 0 unspecified atom stereocenters. The van der Waals surface area contributed by atoms with Crippen LogP contribution in [0.5, 0.6) is 0 Å². The van der Waals surface area contributed by atoms with Crippen molar-refractivity contribution in [2.45, 2.75) is 6.92 Å². The SMILES string of the molecule is Cc1cc(-c2ccccc2)cc2nn3c(-c4ccccc4)cc(-c4ccccc4)nc3[n+]12.[O-][Cl+3]([O-])([O-])[O-]. The molecule has 3 heterocycles. The lowest BCUT2D eigenvalue weighted by molar-refractivity contribution is -2.00. The van der Waals surface area contributed by atoms with Crippen molar-refractivity contribution < 1.29 is 33.3 Å². The van der Waals surface area contributed by atoms with E-state index in [1.807, 2.05) is 34.8 Å². The third-order valence-electron chi connectivity index (χ3n) is 5.79. The molecular weight excluding hydrogens is 492 g/mol. The molecule has 0 N–H and O–H groups in total. The van der Waals surface area contributed by atoms with Gasteiger partial charge in [0.15, 0.2) is 0 Å². The number of aryl methyl sites for hydroxylation is 1. The molecule has 6 rings (SSSR count). The Labute approximate surface area is 214 Å². The Morgan fingerprint density at radius 2 is 1.16 bits per heavy atom. The highest BCUT2D eigenvalue weighted by Gasteiger charge is 2.23. The minimum atomic E-state index is -4.94. The van der Waals surface area contributed by atoms with Crippen LogP contribution >= 0.6 is 0 Å². The number of rotatable bonds is 3. The molecule has 0 radical (unpaired) electrons. The quantitative estimate of drug-likeness (QED) is 0.326. The molecule has 0 fully saturated rings. The monoisotopic (exact) mass is 512 g/mol. The summed E-state index contributed by atoms with van der Waals surface area (Å²) in [7, 11) is -4.94. The number of pyridine rings is 1. The van der Waals surface area contributed by atoms with Crippen molar-refractivity contribution >= 4 is 11.4 Å². The first kappa shape index (κ1) is 24.5. The number of benzene rings is 3. The Morgan fingerprint density at radius 1 is 0.649 bits per heavy atom. The second-order valence-electron chi connectivity index (χ2n) is 8.29. The van der Waals surface area contributed by atoms with Gasteiger partial charge in [0.25, 0.3) is 5.65 Å². The minimum Gasteiger partial charge on any atom is -0.222 e. The van der Waals surface area contributed by atoms with E-state index in [9.17, 15) is 0 Å². The topological polar surface area (TPSA) is 127 Å². The lowest BCUT2D eigenvalue weighted by atomic mass is 10.1. The van der Waals surface area contributed by atoms with Gasteiger partial charge in [-0.2, -0.15) is 4.40 Å². The van der Waals surface area contributed by atoms with Crippen LogP contribution in [0, 0.1) is 17.2 Å². The van der Waals surface area contributed by atoms with Crippen LogP contribution in [0.1, 0.15) is 5.69 Å². The van der Waals surface area contributed by atoms with Gasteiger partial charge in [0, 0.05) is 28.4 Å². The van der Waals surface area contributed by atoms with E-state index < -0.39 is 10.2 Å². The number of fused-ring (bicyclic) bond motifs is 3. The van der Waals surface area contributed by atoms with Gasteiger partial charge in [-0.15, -0.1) is 15.2 Å². The first-order valence-electron chi connectivity index (χ1n) is 11.3. The molecule has 0 aliphatic rings. The fraction of sp³-hybridized carbons (Fsp3) is 0.0357. The Morgan fingerprint density at radius 3 is 1.73 bits per heavy atom. The second kappa shape index (κ2) is 10.1. The average molecular weight is 513 g/mol. The van der Waals surface area contributed by atoms with Crippen LogP contribution in [-0.2, 0) is 0 Å². The van der Waals surface area contributed by atoms with Crippen LogP contribution in [0.3, 0.4) is 0 Å². The predicted molar refractivity (Wildman–Crippen MR) is 127 cm³/mol. The molecule has 0 bridgehead atoms.